The number of nitrogens with one attached hydrogen (secondary N) is 1. The molecule has 0 aliphatic heterocycles. The molecule has 0 fully saturated rings. The van der Waals surface area contributed by atoms with Gasteiger partial charge in [-0.25, -0.2) is 9.97 Å². The summed E-state index contributed by atoms with van der Waals surface area (Å²) < 4.78 is 1.77. The Bertz CT molecular complexity index is 856. The summed E-state index contributed by atoms with van der Waals surface area (Å²) in [4.78, 5) is 23.0. The first-order valence-electron chi connectivity index (χ1n) is 8.50. The predicted octanol–water partition coefficient (Wildman–Crippen LogP) is 2.61. The zero-order chi connectivity index (χ0) is 18.5. The van der Waals surface area contributed by atoms with E-state index in [-0.39, 0.29) is 11.9 Å². The van der Waals surface area contributed by atoms with Crippen LogP contribution < -0.4 is 5.32 Å². The third-order valence-corrected chi connectivity index (χ3v) is 4.32. The topological polar surface area (TPSA) is 63.1 Å². The Balaban J connectivity index is 1.71. The number of carbonyl (C=O) groups is 1. The van der Waals surface area contributed by atoms with Gasteiger partial charge in [0.25, 0.3) is 5.91 Å². The number of likely N-dealkylation sites (N-methyl/N-ethyl adjacent to an activating group) is 1. The Morgan fingerprint density at radius 3 is 2.62 bits per heavy atom. The molecule has 0 saturated carbocycles. The fourth-order valence-corrected chi connectivity index (χ4v) is 2.77. The van der Waals surface area contributed by atoms with Crippen LogP contribution in [-0.4, -0.2) is 46.0 Å². The summed E-state index contributed by atoms with van der Waals surface area (Å²) in [6.07, 6.45) is 6.76. The third kappa shape index (κ3) is 4.15. The molecule has 3 rings (SSSR count). The van der Waals surface area contributed by atoms with E-state index in [1.54, 1.807) is 41.6 Å². The van der Waals surface area contributed by atoms with Gasteiger partial charge in [0.15, 0.2) is 0 Å². The summed E-state index contributed by atoms with van der Waals surface area (Å²) in [5, 5.41) is 3.03. The highest BCUT2D eigenvalue weighted by atomic mass is 16.1. The number of benzene rings is 1. The zero-order valence-corrected chi connectivity index (χ0v) is 15.3. The summed E-state index contributed by atoms with van der Waals surface area (Å²) in [6, 6.07) is 12.0. The Kier molecular flexibility index (Phi) is 5.43. The fourth-order valence-electron chi connectivity index (χ4n) is 2.77. The fraction of sp³-hybridized carbons (Fsp3) is 0.250. The molecule has 2 aromatic heterocycles. The monoisotopic (exact) mass is 349 g/mol. The average molecular weight is 349 g/mol. The highest BCUT2D eigenvalue weighted by molar-refractivity contribution is 5.94. The van der Waals surface area contributed by atoms with Crippen LogP contribution in [-0.2, 0) is 0 Å². The van der Waals surface area contributed by atoms with Gasteiger partial charge in [0, 0.05) is 30.7 Å². The lowest BCUT2D eigenvalue weighted by molar-refractivity contribution is 0.0941. The minimum Gasteiger partial charge on any atom is -0.350 e. The molecule has 0 saturated heterocycles. The largest absolute Gasteiger partial charge is 0.350 e. The molecule has 3 aromatic rings. The maximum absolute atomic E-state index is 12.6. The molecule has 134 valence electrons. The van der Waals surface area contributed by atoms with Crippen LogP contribution in [0.3, 0.4) is 0 Å². The van der Waals surface area contributed by atoms with Crippen molar-refractivity contribution in [3.63, 3.8) is 0 Å². The summed E-state index contributed by atoms with van der Waals surface area (Å²) >= 11 is 0. The number of aryl methyl sites for hydroxylation is 1. The van der Waals surface area contributed by atoms with E-state index in [4.69, 9.17) is 0 Å². The number of amides is 1. The normalized spacial score (nSPS) is 12.2. The average Bonchev–Trinajstić information content (AvgIpc) is 3.18. The Morgan fingerprint density at radius 2 is 1.96 bits per heavy atom. The summed E-state index contributed by atoms with van der Waals surface area (Å²) in [5.41, 5.74) is 2.97. The molecule has 6 heteroatoms. The van der Waals surface area contributed by atoms with Crippen LogP contribution in [0.4, 0.5) is 0 Å². The molecular weight excluding hydrogens is 326 g/mol. The maximum atomic E-state index is 12.6. The van der Waals surface area contributed by atoms with Gasteiger partial charge in [-0.3, -0.25) is 9.36 Å². The Hall–Kier alpha value is -2.99. The van der Waals surface area contributed by atoms with Crippen LogP contribution in [0.25, 0.3) is 5.82 Å². The van der Waals surface area contributed by atoms with Crippen LogP contribution in [0.1, 0.15) is 27.5 Å². The van der Waals surface area contributed by atoms with E-state index in [0.29, 0.717) is 17.9 Å². The number of hydrogen-bond donors (Lipinski definition) is 1. The maximum Gasteiger partial charge on any atom is 0.251 e. The van der Waals surface area contributed by atoms with Gasteiger partial charge >= 0.3 is 0 Å². The van der Waals surface area contributed by atoms with E-state index in [2.05, 4.69) is 51.4 Å². The SMILES string of the molecule is Cc1ccc([C@@H](CNC(=O)c2ccnc(-n3ccnc3)c2)N(C)C)cc1. The number of nitrogens with zero attached hydrogens (tertiary/aromatic N) is 4. The van der Waals surface area contributed by atoms with Crippen molar-refractivity contribution in [1.29, 1.82) is 0 Å². The summed E-state index contributed by atoms with van der Waals surface area (Å²) in [7, 11) is 4.03. The molecule has 0 bridgehead atoms. The van der Waals surface area contributed by atoms with Crippen molar-refractivity contribution in [3.05, 3.63) is 78.0 Å². The molecule has 0 aliphatic rings. The molecule has 0 aliphatic carbocycles. The molecular formula is C20H23N5O. The van der Waals surface area contributed by atoms with Crippen molar-refractivity contribution >= 4 is 5.91 Å². The van der Waals surface area contributed by atoms with Gasteiger partial charge in [-0.05, 0) is 38.7 Å². The van der Waals surface area contributed by atoms with Gasteiger partial charge < -0.3 is 10.2 Å². The minimum absolute atomic E-state index is 0.106. The van der Waals surface area contributed by atoms with Gasteiger partial charge in [0.05, 0.1) is 6.04 Å². The lowest BCUT2D eigenvalue weighted by atomic mass is 10.0. The van der Waals surface area contributed by atoms with E-state index >= 15 is 0 Å². The number of aromatic nitrogens is 3. The van der Waals surface area contributed by atoms with Crippen molar-refractivity contribution < 1.29 is 4.79 Å². The van der Waals surface area contributed by atoms with Crippen molar-refractivity contribution in [2.24, 2.45) is 0 Å². The molecule has 2 heterocycles. The molecule has 1 aromatic carbocycles. The molecule has 1 atom stereocenters. The van der Waals surface area contributed by atoms with E-state index in [0.717, 1.165) is 0 Å². The van der Waals surface area contributed by atoms with Crippen molar-refractivity contribution in [2.45, 2.75) is 13.0 Å². The van der Waals surface area contributed by atoms with Gasteiger partial charge in [0.2, 0.25) is 0 Å². The predicted molar refractivity (Wildman–Crippen MR) is 101 cm³/mol. The first-order chi connectivity index (χ1) is 12.5. The quantitative estimate of drug-likeness (QED) is 0.743. The number of pyridine rings is 1. The number of carbonyl (C=O) groups excluding carboxylic acids is 1. The van der Waals surface area contributed by atoms with Gasteiger partial charge in [-0.1, -0.05) is 29.8 Å². The van der Waals surface area contributed by atoms with Crippen molar-refractivity contribution in [2.75, 3.05) is 20.6 Å². The van der Waals surface area contributed by atoms with E-state index < -0.39 is 0 Å². The van der Waals surface area contributed by atoms with Crippen LogP contribution in [0, 0.1) is 6.92 Å². The smallest absolute Gasteiger partial charge is 0.251 e. The zero-order valence-electron chi connectivity index (χ0n) is 15.3. The molecule has 1 amide bonds. The number of hydrogen-bond acceptors (Lipinski definition) is 4. The van der Waals surface area contributed by atoms with E-state index in [1.807, 2.05) is 14.1 Å². The van der Waals surface area contributed by atoms with E-state index in [9.17, 15) is 4.79 Å². The van der Waals surface area contributed by atoms with E-state index in [1.165, 1.54) is 11.1 Å². The second-order valence-corrected chi connectivity index (χ2v) is 6.47. The van der Waals surface area contributed by atoms with Crippen LogP contribution >= 0.6 is 0 Å². The Labute approximate surface area is 153 Å². The molecule has 6 nitrogen and oxygen atoms in total. The standard InChI is InChI=1S/C20H23N5O/c1-15-4-6-16(7-5-15)18(24(2)3)13-23-20(26)17-8-9-22-19(12-17)25-11-10-21-14-25/h4-12,14,18H,13H2,1-3H3,(H,23,26)/t18-/m1/s1. The van der Waals surface area contributed by atoms with Gasteiger partial charge in [-0.2, -0.15) is 0 Å². The molecule has 1 N–H and O–H groups in total. The van der Waals surface area contributed by atoms with Crippen LogP contribution in [0.15, 0.2) is 61.3 Å². The van der Waals surface area contributed by atoms with Gasteiger partial charge in [0.1, 0.15) is 12.1 Å². The van der Waals surface area contributed by atoms with Crippen molar-refractivity contribution in [3.8, 4) is 5.82 Å². The number of rotatable bonds is 6. The second-order valence-electron chi connectivity index (χ2n) is 6.47. The molecule has 26 heavy (non-hydrogen) atoms. The molecule has 0 spiro atoms. The lowest BCUT2D eigenvalue weighted by Gasteiger charge is -2.25. The molecule has 0 radical (unpaired) electrons. The highest BCUT2D eigenvalue weighted by Gasteiger charge is 2.16. The summed E-state index contributed by atoms with van der Waals surface area (Å²) in [6.45, 7) is 2.59. The first-order valence-corrected chi connectivity index (χ1v) is 8.50. The lowest BCUT2D eigenvalue weighted by Crippen LogP contribution is -2.34. The molecule has 0 unspecified atom stereocenters. The minimum atomic E-state index is -0.118. The third-order valence-electron chi connectivity index (χ3n) is 4.32. The Morgan fingerprint density at radius 1 is 1.19 bits per heavy atom. The highest BCUT2D eigenvalue weighted by Crippen LogP contribution is 2.18. The first kappa shape index (κ1) is 17.8. The summed E-state index contributed by atoms with van der Waals surface area (Å²) in [5.74, 6) is 0.547. The van der Waals surface area contributed by atoms with Gasteiger partial charge in [-0.15, -0.1) is 0 Å². The number of imidazole rings is 1. The second kappa shape index (κ2) is 7.93. The van der Waals surface area contributed by atoms with Crippen molar-refractivity contribution in [1.82, 2.24) is 24.8 Å². The van der Waals surface area contributed by atoms with Crippen LogP contribution in [0.2, 0.25) is 0 Å². The van der Waals surface area contributed by atoms with Crippen LogP contribution in [0.5, 0.6) is 0 Å².